The van der Waals surface area contributed by atoms with Gasteiger partial charge >= 0.3 is 0 Å². The molecule has 0 bridgehead atoms. The van der Waals surface area contributed by atoms with E-state index in [-0.39, 0.29) is 17.9 Å². The molecule has 0 saturated carbocycles. The Labute approximate surface area is 108 Å². The molecule has 4 N–H and O–H groups in total. The molecular weight excluding hydrogens is 226 g/mol. The fraction of sp³-hybridized carbons (Fsp3) is 0.500. The molecule has 2 rings (SSSR count). The Kier molecular flexibility index (Phi) is 4.33. The molecule has 1 aromatic carbocycles. The molecule has 0 radical (unpaired) electrons. The summed E-state index contributed by atoms with van der Waals surface area (Å²) < 4.78 is 0. The fourth-order valence-corrected chi connectivity index (χ4v) is 2.50. The van der Waals surface area contributed by atoms with Gasteiger partial charge in [0, 0.05) is 25.7 Å². The van der Waals surface area contributed by atoms with Crippen LogP contribution in [-0.2, 0) is 4.79 Å². The molecule has 18 heavy (non-hydrogen) atoms. The Morgan fingerprint density at radius 3 is 2.72 bits per heavy atom. The number of piperidine rings is 1. The number of nitrogens with two attached hydrogens (primary N) is 2. The third-order valence-corrected chi connectivity index (χ3v) is 3.51. The van der Waals surface area contributed by atoms with Gasteiger partial charge in [0.05, 0.1) is 5.92 Å². The average Bonchev–Trinajstić information content (AvgIpc) is 2.41. The fourth-order valence-electron chi connectivity index (χ4n) is 2.50. The zero-order chi connectivity index (χ0) is 13.0. The second-order valence-corrected chi connectivity index (χ2v) is 4.89. The maximum absolute atomic E-state index is 12.5. The van der Waals surface area contributed by atoms with Crippen molar-refractivity contribution in [1.82, 2.24) is 4.90 Å². The normalized spacial score (nSPS) is 21.7. The minimum Gasteiger partial charge on any atom is -0.341 e. The van der Waals surface area contributed by atoms with E-state index < -0.39 is 0 Å². The van der Waals surface area contributed by atoms with Crippen LogP contribution in [0.4, 0.5) is 0 Å². The van der Waals surface area contributed by atoms with Crippen molar-refractivity contribution in [1.29, 1.82) is 0 Å². The first-order valence-electron chi connectivity index (χ1n) is 6.51. The van der Waals surface area contributed by atoms with E-state index >= 15 is 0 Å². The predicted molar refractivity (Wildman–Crippen MR) is 72.0 cm³/mol. The van der Waals surface area contributed by atoms with Crippen molar-refractivity contribution >= 4 is 5.91 Å². The van der Waals surface area contributed by atoms with E-state index in [1.165, 1.54) is 0 Å². The molecular formula is C14H21N3O. The van der Waals surface area contributed by atoms with E-state index in [0.717, 1.165) is 24.9 Å². The highest BCUT2D eigenvalue weighted by molar-refractivity contribution is 5.84. The van der Waals surface area contributed by atoms with Crippen molar-refractivity contribution in [3.63, 3.8) is 0 Å². The Balaban J connectivity index is 2.10. The first-order chi connectivity index (χ1) is 8.72. The molecule has 1 aromatic rings. The van der Waals surface area contributed by atoms with E-state index in [4.69, 9.17) is 11.5 Å². The molecule has 2 unspecified atom stereocenters. The smallest absolute Gasteiger partial charge is 0.231 e. The Morgan fingerprint density at radius 1 is 1.39 bits per heavy atom. The number of rotatable bonds is 3. The van der Waals surface area contributed by atoms with Crippen LogP contribution in [-0.4, -0.2) is 36.5 Å². The quantitative estimate of drug-likeness (QED) is 0.825. The summed E-state index contributed by atoms with van der Waals surface area (Å²) in [5.74, 6) is -0.129. The monoisotopic (exact) mass is 247 g/mol. The summed E-state index contributed by atoms with van der Waals surface area (Å²) >= 11 is 0. The summed E-state index contributed by atoms with van der Waals surface area (Å²) in [6, 6.07) is 9.84. The Bertz CT molecular complexity index is 393. The number of benzene rings is 1. The zero-order valence-corrected chi connectivity index (χ0v) is 10.6. The molecule has 1 amide bonds. The minimum absolute atomic E-state index is 0.108. The second kappa shape index (κ2) is 5.98. The summed E-state index contributed by atoms with van der Waals surface area (Å²) in [6.07, 6.45) is 1.99. The molecule has 1 heterocycles. The van der Waals surface area contributed by atoms with Crippen molar-refractivity contribution in [3.8, 4) is 0 Å². The number of hydrogen-bond acceptors (Lipinski definition) is 3. The third-order valence-electron chi connectivity index (χ3n) is 3.51. The van der Waals surface area contributed by atoms with Gasteiger partial charge in [-0.3, -0.25) is 4.79 Å². The van der Waals surface area contributed by atoms with Gasteiger partial charge in [0.1, 0.15) is 0 Å². The predicted octanol–water partition coefficient (Wildman–Crippen LogP) is 0.679. The molecule has 0 aliphatic carbocycles. The highest BCUT2D eigenvalue weighted by Crippen LogP contribution is 2.19. The molecule has 1 saturated heterocycles. The Morgan fingerprint density at radius 2 is 2.11 bits per heavy atom. The molecule has 4 nitrogen and oxygen atoms in total. The number of nitrogens with zero attached hydrogens (tertiary/aromatic N) is 1. The topological polar surface area (TPSA) is 72.4 Å². The standard InChI is InChI=1S/C14H21N3O/c15-9-13(11-5-2-1-3-6-11)14(18)17-8-4-7-12(16)10-17/h1-3,5-6,12-13H,4,7-10,15-16H2. The van der Waals surface area contributed by atoms with Gasteiger partial charge in [-0.2, -0.15) is 0 Å². The van der Waals surface area contributed by atoms with Crippen LogP contribution in [0, 0.1) is 0 Å². The number of carbonyl (C=O) groups excluding carboxylic acids is 1. The molecule has 0 spiro atoms. The summed E-state index contributed by atoms with van der Waals surface area (Å²) in [4.78, 5) is 14.3. The van der Waals surface area contributed by atoms with Crippen LogP contribution >= 0.6 is 0 Å². The van der Waals surface area contributed by atoms with Gasteiger partial charge in [0.25, 0.3) is 0 Å². The lowest BCUT2D eigenvalue weighted by molar-refractivity contribution is -0.133. The summed E-state index contributed by atoms with van der Waals surface area (Å²) in [5.41, 5.74) is 12.7. The Hall–Kier alpha value is -1.39. The van der Waals surface area contributed by atoms with Crippen molar-refractivity contribution in [3.05, 3.63) is 35.9 Å². The lowest BCUT2D eigenvalue weighted by Gasteiger charge is -2.33. The summed E-state index contributed by atoms with van der Waals surface area (Å²) in [7, 11) is 0. The molecule has 0 aromatic heterocycles. The number of carbonyl (C=O) groups is 1. The second-order valence-electron chi connectivity index (χ2n) is 4.89. The van der Waals surface area contributed by atoms with E-state index in [1.807, 2.05) is 35.2 Å². The van der Waals surface area contributed by atoms with Gasteiger partial charge in [0.2, 0.25) is 5.91 Å². The van der Waals surface area contributed by atoms with Crippen LogP contribution in [0.15, 0.2) is 30.3 Å². The third kappa shape index (κ3) is 2.89. The SMILES string of the molecule is NCC(C(=O)N1CCCC(N)C1)c1ccccc1. The van der Waals surface area contributed by atoms with E-state index in [1.54, 1.807) is 0 Å². The number of likely N-dealkylation sites (tertiary alicyclic amines) is 1. The van der Waals surface area contributed by atoms with Crippen molar-refractivity contribution in [2.75, 3.05) is 19.6 Å². The maximum atomic E-state index is 12.5. The van der Waals surface area contributed by atoms with Gasteiger partial charge < -0.3 is 16.4 Å². The van der Waals surface area contributed by atoms with Gasteiger partial charge in [-0.15, -0.1) is 0 Å². The van der Waals surface area contributed by atoms with E-state index in [9.17, 15) is 4.79 Å². The first kappa shape index (κ1) is 13.1. The highest BCUT2D eigenvalue weighted by Gasteiger charge is 2.27. The van der Waals surface area contributed by atoms with Crippen LogP contribution in [0.2, 0.25) is 0 Å². The molecule has 1 fully saturated rings. The van der Waals surface area contributed by atoms with Crippen LogP contribution in [0.3, 0.4) is 0 Å². The van der Waals surface area contributed by atoms with Crippen molar-refractivity contribution < 1.29 is 4.79 Å². The van der Waals surface area contributed by atoms with Crippen molar-refractivity contribution in [2.24, 2.45) is 11.5 Å². The maximum Gasteiger partial charge on any atom is 0.231 e. The zero-order valence-electron chi connectivity index (χ0n) is 10.6. The lowest BCUT2D eigenvalue weighted by atomic mass is 9.96. The number of hydrogen-bond donors (Lipinski definition) is 2. The van der Waals surface area contributed by atoms with Crippen molar-refractivity contribution in [2.45, 2.75) is 24.8 Å². The first-order valence-corrected chi connectivity index (χ1v) is 6.51. The molecule has 4 heteroatoms. The minimum atomic E-state index is -0.239. The molecule has 1 aliphatic rings. The lowest BCUT2D eigenvalue weighted by Crippen LogP contribution is -2.48. The van der Waals surface area contributed by atoms with Gasteiger partial charge in [-0.25, -0.2) is 0 Å². The van der Waals surface area contributed by atoms with Gasteiger partial charge in [0.15, 0.2) is 0 Å². The van der Waals surface area contributed by atoms with Gasteiger partial charge in [-0.1, -0.05) is 30.3 Å². The molecule has 1 aliphatic heterocycles. The van der Waals surface area contributed by atoms with Crippen LogP contribution < -0.4 is 11.5 Å². The molecule has 2 atom stereocenters. The van der Waals surface area contributed by atoms with Crippen LogP contribution in [0.25, 0.3) is 0 Å². The average molecular weight is 247 g/mol. The van der Waals surface area contributed by atoms with E-state index in [0.29, 0.717) is 13.1 Å². The van der Waals surface area contributed by atoms with E-state index in [2.05, 4.69) is 0 Å². The van der Waals surface area contributed by atoms with Gasteiger partial charge in [-0.05, 0) is 18.4 Å². The summed E-state index contributed by atoms with van der Waals surface area (Å²) in [5, 5.41) is 0. The molecule has 98 valence electrons. The highest BCUT2D eigenvalue weighted by atomic mass is 16.2. The number of amides is 1. The largest absolute Gasteiger partial charge is 0.341 e. The van der Waals surface area contributed by atoms with Crippen LogP contribution in [0.5, 0.6) is 0 Å². The van der Waals surface area contributed by atoms with Crippen LogP contribution in [0.1, 0.15) is 24.3 Å². The summed E-state index contributed by atoms with van der Waals surface area (Å²) in [6.45, 7) is 1.80.